The lowest BCUT2D eigenvalue weighted by atomic mass is 9.87. The van der Waals surface area contributed by atoms with Crippen LogP contribution in [0, 0.1) is 0 Å². The number of fused-ring (bicyclic) bond motifs is 1. The summed E-state index contributed by atoms with van der Waals surface area (Å²) in [7, 11) is 5.33. The zero-order chi connectivity index (χ0) is 27.2. The molecule has 0 aliphatic carbocycles. The average Bonchev–Trinajstić information content (AvgIpc) is 3.32. The Balaban J connectivity index is 1.51. The molecule has 0 spiro atoms. The number of nitrogens with zero attached hydrogens (tertiary/aromatic N) is 1. The SMILES string of the molecule is COc1cc(OC)cc(C(CC(=O)NC(Cc2ccccc2)c2ccccc2)c2cn(C)c3ccccc23)c1. The lowest BCUT2D eigenvalue weighted by Crippen LogP contribution is -2.31. The van der Waals surface area contributed by atoms with Gasteiger partial charge in [-0.3, -0.25) is 4.79 Å². The molecular weight excluding hydrogens is 484 g/mol. The highest BCUT2D eigenvalue weighted by atomic mass is 16.5. The van der Waals surface area contributed by atoms with Crippen LogP contribution >= 0.6 is 0 Å². The highest BCUT2D eigenvalue weighted by Crippen LogP contribution is 2.38. The summed E-state index contributed by atoms with van der Waals surface area (Å²) in [5.41, 5.74) is 5.45. The van der Waals surface area contributed by atoms with Crippen LogP contribution in [0.3, 0.4) is 0 Å². The zero-order valence-electron chi connectivity index (χ0n) is 22.6. The Morgan fingerprint density at radius 1 is 0.795 bits per heavy atom. The van der Waals surface area contributed by atoms with E-state index < -0.39 is 0 Å². The molecule has 2 unspecified atom stereocenters. The predicted molar refractivity (Wildman–Crippen MR) is 156 cm³/mol. The maximum absolute atomic E-state index is 13.8. The molecule has 2 atom stereocenters. The summed E-state index contributed by atoms with van der Waals surface area (Å²) in [6, 6.07) is 34.5. The third kappa shape index (κ3) is 5.99. The molecule has 198 valence electrons. The first-order valence-corrected chi connectivity index (χ1v) is 13.2. The minimum Gasteiger partial charge on any atom is -0.497 e. The number of carbonyl (C=O) groups excluding carboxylic acids is 1. The molecule has 39 heavy (non-hydrogen) atoms. The van der Waals surface area contributed by atoms with Crippen molar-refractivity contribution in [2.45, 2.75) is 24.8 Å². The van der Waals surface area contributed by atoms with Crippen molar-refractivity contribution in [2.24, 2.45) is 7.05 Å². The van der Waals surface area contributed by atoms with Gasteiger partial charge in [0.05, 0.1) is 20.3 Å². The molecule has 1 N–H and O–H groups in total. The Morgan fingerprint density at radius 3 is 2.08 bits per heavy atom. The topological polar surface area (TPSA) is 52.5 Å². The largest absolute Gasteiger partial charge is 0.497 e. The van der Waals surface area contributed by atoms with Gasteiger partial charge in [-0.1, -0.05) is 78.9 Å². The molecule has 4 aromatic carbocycles. The number of aromatic nitrogens is 1. The van der Waals surface area contributed by atoms with E-state index in [9.17, 15) is 4.79 Å². The lowest BCUT2D eigenvalue weighted by molar-refractivity contribution is -0.122. The molecule has 1 aromatic heterocycles. The maximum atomic E-state index is 13.8. The monoisotopic (exact) mass is 518 g/mol. The van der Waals surface area contributed by atoms with E-state index in [-0.39, 0.29) is 24.3 Å². The number of para-hydroxylation sites is 1. The number of benzene rings is 4. The summed E-state index contributed by atoms with van der Waals surface area (Å²) in [6.07, 6.45) is 3.12. The zero-order valence-corrected chi connectivity index (χ0v) is 22.6. The van der Waals surface area contributed by atoms with Crippen molar-refractivity contribution in [1.29, 1.82) is 0 Å². The van der Waals surface area contributed by atoms with Crippen molar-refractivity contribution in [3.63, 3.8) is 0 Å². The summed E-state index contributed by atoms with van der Waals surface area (Å²) >= 11 is 0. The molecule has 5 nitrogen and oxygen atoms in total. The summed E-state index contributed by atoms with van der Waals surface area (Å²) in [5, 5.41) is 4.48. The van der Waals surface area contributed by atoms with Gasteiger partial charge in [0.1, 0.15) is 11.5 Å². The molecule has 5 heteroatoms. The molecular formula is C34H34N2O3. The van der Waals surface area contributed by atoms with E-state index in [1.807, 2.05) is 73.8 Å². The third-order valence-corrected chi connectivity index (χ3v) is 7.29. The van der Waals surface area contributed by atoms with E-state index in [4.69, 9.17) is 9.47 Å². The average molecular weight is 519 g/mol. The summed E-state index contributed by atoms with van der Waals surface area (Å²) in [6.45, 7) is 0. The Bertz CT molecular complexity index is 1520. The van der Waals surface area contributed by atoms with Gasteiger partial charge < -0.3 is 19.4 Å². The normalized spacial score (nSPS) is 12.6. The first kappa shape index (κ1) is 26.1. The van der Waals surface area contributed by atoms with E-state index in [0.29, 0.717) is 17.9 Å². The summed E-state index contributed by atoms with van der Waals surface area (Å²) in [4.78, 5) is 13.8. The molecule has 5 rings (SSSR count). The van der Waals surface area contributed by atoms with Gasteiger partial charge >= 0.3 is 0 Å². The van der Waals surface area contributed by atoms with Crippen LogP contribution in [-0.4, -0.2) is 24.7 Å². The molecule has 0 saturated carbocycles. The fourth-order valence-corrected chi connectivity index (χ4v) is 5.31. The van der Waals surface area contributed by atoms with Gasteiger partial charge in [-0.2, -0.15) is 0 Å². The molecule has 1 heterocycles. The van der Waals surface area contributed by atoms with Gasteiger partial charge in [0.25, 0.3) is 0 Å². The molecule has 0 radical (unpaired) electrons. The predicted octanol–water partition coefficient (Wildman–Crippen LogP) is 6.82. The second-order valence-corrected chi connectivity index (χ2v) is 9.84. The van der Waals surface area contributed by atoms with Crippen molar-refractivity contribution in [3.05, 3.63) is 132 Å². The number of amides is 1. The quantitative estimate of drug-likeness (QED) is 0.221. The van der Waals surface area contributed by atoms with Gasteiger partial charge in [0.2, 0.25) is 5.91 Å². The van der Waals surface area contributed by atoms with E-state index >= 15 is 0 Å². The minimum atomic E-state index is -0.201. The van der Waals surface area contributed by atoms with Crippen LogP contribution in [-0.2, 0) is 18.3 Å². The number of carbonyl (C=O) groups is 1. The first-order chi connectivity index (χ1) is 19.1. The number of methoxy groups -OCH3 is 2. The summed E-state index contributed by atoms with van der Waals surface area (Å²) in [5.74, 6) is 1.18. The minimum absolute atomic E-state index is 0.0143. The van der Waals surface area contributed by atoms with Crippen LogP contribution in [0.25, 0.3) is 10.9 Å². The van der Waals surface area contributed by atoms with Crippen LogP contribution in [0.2, 0.25) is 0 Å². The van der Waals surface area contributed by atoms with Crippen LogP contribution in [0.5, 0.6) is 11.5 Å². The van der Waals surface area contributed by atoms with E-state index in [2.05, 4.69) is 52.5 Å². The van der Waals surface area contributed by atoms with Crippen LogP contribution < -0.4 is 14.8 Å². The number of hydrogen-bond acceptors (Lipinski definition) is 3. The van der Waals surface area contributed by atoms with Crippen molar-refractivity contribution >= 4 is 16.8 Å². The van der Waals surface area contributed by atoms with E-state index in [1.54, 1.807) is 14.2 Å². The Labute approximate surface area is 230 Å². The van der Waals surface area contributed by atoms with Crippen molar-refractivity contribution in [2.75, 3.05) is 14.2 Å². The number of aryl methyl sites for hydroxylation is 1. The molecule has 0 aliphatic heterocycles. The Morgan fingerprint density at radius 2 is 1.41 bits per heavy atom. The molecule has 0 fully saturated rings. The van der Waals surface area contributed by atoms with Gasteiger partial charge in [-0.05, 0) is 46.9 Å². The van der Waals surface area contributed by atoms with Gasteiger partial charge in [0.15, 0.2) is 0 Å². The van der Waals surface area contributed by atoms with Crippen molar-refractivity contribution in [1.82, 2.24) is 9.88 Å². The lowest BCUT2D eigenvalue weighted by Gasteiger charge is -2.23. The van der Waals surface area contributed by atoms with Gasteiger partial charge in [0, 0.05) is 42.6 Å². The fourth-order valence-electron chi connectivity index (χ4n) is 5.31. The fraction of sp³-hybridized carbons (Fsp3) is 0.206. The molecule has 0 aliphatic rings. The van der Waals surface area contributed by atoms with E-state index in [0.717, 1.165) is 27.6 Å². The number of hydrogen-bond donors (Lipinski definition) is 1. The van der Waals surface area contributed by atoms with Crippen LogP contribution in [0.4, 0.5) is 0 Å². The third-order valence-electron chi connectivity index (χ3n) is 7.29. The van der Waals surface area contributed by atoms with Crippen molar-refractivity contribution < 1.29 is 14.3 Å². The highest BCUT2D eigenvalue weighted by molar-refractivity contribution is 5.86. The second-order valence-electron chi connectivity index (χ2n) is 9.84. The molecule has 0 saturated heterocycles. The Hall–Kier alpha value is -4.51. The van der Waals surface area contributed by atoms with Crippen LogP contribution in [0.1, 0.15) is 40.6 Å². The molecule has 5 aromatic rings. The molecule has 1 amide bonds. The smallest absolute Gasteiger partial charge is 0.221 e. The standard InChI is InChI=1S/C34H34N2O3/c1-36-23-31(29-16-10-11-17-33(29)36)30(26-19-27(38-2)21-28(20-26)39-3)22-34(37)35-32(25-14-8-5-9-15-25)18-24-12-6-4-7-13-24/h4-17,19-21,23,30,32H,18,22H2,1-3H3,(H,35,37). The molecule has 0 bridgehead atoms. The van der Waals surface area contributed by atoms with Crippen LogP contribution in [0.15, 0.2) is 109 Å². The van der Waals surface area contributed by atoms with E-state index in [1.165, 1.54) is 5.56 Å². The first-order valence-electron chi connectivity index (χ1n) is 13.2. The second kappa shape index (κ2) is 11.9. The van der Waals surface area contributed by atoms with Gasteiger partial charge in [-0.25, -0.2) is 0 Å². The number of ether oxygens (including phenoxy) is 2. The van der Waals surface area contributed by atoms with Crippen molar-refractivity contribution in [3.8, 4) is 11.5 Å². The maximum Gasteiger partial charge on any atom is 0.221 e. The Kier molecular flexibility index (Phi) is 7.97. The number of rotatable bonds is 10. The van der Waals surface area contributed by atoms with Gasteiger partial charge in [-0.15, -0.1) is 0 Å². The summed E-state index contributed by atoms with van der Waals surface area (Å²) < 4.78 is 13.3. The number of nitrogens with one attached hydrogen (secondary N) is 1. The highest BCUT2D eigenvalue weighted by Gasteiger charge is 2.25.